The van der Waals surface area contributed by atoms with Crippen LogP contribution in [0, 0.1) is 5.82 Å². The molecule has 176 valence electrons. The summed E-state index contributed by atoms with van der Waals surface area (Å²) in [6, 6.07) is 19.9. The lowest BCUT2D eigenvalue weighted by molar-refractivity contribution is 0.0994. The van der Waals surface area contributed by atoms with Gasteiger partial charge >= 0.3 is 0 Å². The summed E-state index contributed by atoms with van der Waals surface area (Å²) in [7, 11) is -3.92. The molecule has 1 heterocycles. The number of benzene rings is 3. The Morgan fingerprint density at radius 1 is 0.857 bits per heavy atom. The number of sulfonamides is 1. The van der Waals surface area contributed by atoms with Gasteiger partial charge in [0.15, 0.2) is 0 Å². The summed E-state index contributed by atoms with van der Waals surface area (Å²) >= 11 is 0. The minimum absolute atomic E-state index is 0.00968. The summed E-state index contributed by atoms with van der Waals surface area (Å²) in [4.78, 5) is 28.7. The van der Waals surface area contributed by atoms with Crippen LogP contribution in [-0.2, 0) is 10.0 Å². The molecule has 0 radical (unpaired) electrons. The highest BCUT2D eigenvalue weighted by molar-refractivity contribution is 7.89. The van der Waals surface area contributed by atoms with Gasteiger partial charge in [0.25, 0.3) is 11.8 Å². The zero-order valence-electron chi connectivity index (χ0n) is 18.1. The molecule has 0 saturated carbocycles. The lowest BCUT2D eigenvalue weighted by Crippen LogP contribution is -2.16. The number of carbonyl (C=O) groups excluding carboxylic acids is 2. The van der Waals surface area contributed by atoms with E-state index in [1.165, 1.54) is 24.4 Å². The van der Waals surface area contributed by atoms with E-state index in [2.05, 4.69) is 10.3 Å². The van der Waals surface area contributed by atoms with Crippen LogP contribution < -0.4 is 16.2 Å². The van der Waals surface area contributed by atoms with Crippen LogP contribution in [0.3, 0.4) is 0 Å². The summed E-state index contributed by atoms with van der Waals surface area (Å²) in [5.41, 5.74) is 7.22. The van der Waals surface area contributed by atoms with Gasteiger partial charge in [-0.25, -0.2) is 17.9 Å². The lowest BCUT2D eigenvalue weighted by atomic mass is 10.0. The second kappa shape index (κ2) is 9.45. The normalized spacial score (nSPS) is 11.1. The Bertz CT molecular complexity index is 1550. The average molecular weight is 491 g/mol. The molecule has 1 aromatic heterocycles. The smallest absolute Gasteiger partial charge is 0.274 e. The molecule has 5 N–H and O–H groups in total. The predicted molar refractivity (Wildman–Crippen MR) is 129 cm³/mol. The van der Waals surface area contributed by atoms with E-state index < -0.39 is 27.7 Å². The molecule has 0 aliphatic heterocycles. The first-order chi connectivity index (χ1) is 16.6. The minimum atomic E-state index is -3.92. The molecule has 0 aliphatic rings. The van der Waals surface area contributed by atoms with Gasteiger partial charge in [-0.15, -0.1) is 0 Å². The third kappa shape index (κ3) is 5.08. The van der Waals surface area contributed by atoms with Gasteiger partial charge in [-0.2, -0.15) is 0 Å². The summed E-state index contributed by atoms with van der Waals surface area (Å²) in [6.07, 6.45) is 1.43. The van der Waals surface area contributed by atoms with Crippen LogP contribution >= 0.6 is 0 Å². The van der Waals surface area contributed by atoms with Crippen molar-refractivity contribution >= 4 is 27.5 Å². The molecule has 0 spiro atoms. The summed E-state index contributed by atoms with van der Waals surface area (Å²) in [5.74, 6) is -2.23. The molecule has 0 saturated heterocycles. The highest BCUT2D eigenvalue weighted by Crippen LogP contribution is 2.29. The average Bonchev–Trinajstić information content (AvgIpc) is 2.84. The number of halogens is 1. The Morgan fingerprint density at radius 2 is 1.51 bits per heavy atom. The van der Waals surface area contributed by atoms with Gasteiger partial charge in [-0.1, -0.05) is 42.5 Å². The molecule has 0 aliphatic carbocycles. The molecule has 0 bridgehead atoms. The third-order valence-corrected chi connectivity index (χ3v) is 6.18. The first-order valence-electron chi connectivity index (χ1n) is 10.2. The highest BCUT2D eigenvalue weighted by Gasteiger charge is 2.18. The number of nitrogens with two attached hydrogens (primary N) is 2. The molecule has 0 unspecified atom stereocenters. The van der Waals surface area contributed by atoms with Crippen LogP contribution in [0.15, 0.2) is 90.0 Å². The molecular formula is C25H19FN4O4S. The number of hydrogen-bond donors (Lipinski definition) is 3. The van der Waals surface area contributed by atoms with Crippen LogP contribution in [0.4, 0.5) is 10.1 Å². The van der Waals surface area contributed by atoms with Crippen molar-refractivity contribution in [2.45, 2.75) is 4.90 Å². The Hall–Kier alpha value is -4.41. The molecule has 0 atom stereocenters. The van der Waals surface area contributed by atoms with E-state index in [0.29, 0.717) is 27.9 Å². The van der Waals surface area contributed by atoms with E-state index >= 15 is 0 Å². The summed E-state index contributed by atoms with van der Waals surface area (Å²) in [5, 5.41) is 8.04. The second-order valence-corrected chi connectivity index (χ2v) is 9.06. The van der Waals surface area contributed by atoms with Gasteiger partial charge < -0.3 is 11.1 Å². The topological polar surface area (TPSA) is 145 Å². The first kappa shape index (κ1) is 23.7. The van der Waals surface area contributed by atoms with Crippen molar-refractivity contribution in [2.24, 2.45) is 10.9 Å². The fraction of sp³-hybridized carbons (Fsp3) is 0. The van der Waals surface area contributed by atoms with Crippen LogP contribution in [0.1, 0.15) is 20.8 Å². The fourth-order valence-corrected chi connectivity index (χ4v) is 4.34. The maximum atomic E-state index is 13.9. The highest BCUT2D eigenvalue weighted by atomic mass is 32.2. The van der Waals surface area contributed by atoms with Gasteiger partial charge in [-0.05, 0) is 47.5 Å². The maximum absolute atomic E-state index is 13.9. The van der Waals surface area contributed by atoms with Gasteiger partial charge in [0.05, 0.1) is 10.5 Å². The van der Waals surface area contributed by atoms with Crippen LogP contribution in [0.2, 0.25) is 0 Å². The number of rotatable bonds is 6. The number of aromatic nitrogens is 1. The Labute approximate surface area is 200 Å². The van der Waals surface area contributed by atoms with Gasteiger partial charge in [0, 0.05) is 23.0 Å². The Kier molecular flexibility index (Phi) is 6.41. The van der Waals surface area contributed by atoms with E-state index in [9.17, 15) is 22.4 Å². The molecule has 35 heavy (non-hydrogen) atoms. The number of nitrogens with zero attached hydrogens (tertiary/aromatic N) is 1. The molecule has 8 nitrogen and oxygen atoms in total. The fourth-order valence-electron chi connectivity index (χ4n) is 3.58. The lowest BCUT2D eigenvalue weighted by Gasteiger charge is -2.12. The number of amides is 2. The first-order valence-corrected chi connectivity index (χ1v) is 11.8. The van der Waals surface area contributed by atoms with Crippen molar-refractivity contribution < 1.29 is 22.4 Å². The second-order valence-electron chi connectivity index (χ2n) is 7.53. The number of primary amides is 1. The number of nitrogens with one attached hydrogen (secondary N) is 1. The standard InChI is InChI=1S/C25H19FN4O4S/c26-21-12-9-16(14-20(21)24(27)31)19-5-3-13-29-23(19)25(32)30-17-10-7-15(8-11-17)18-4-1-2-6-22(18)35(28,33)34/h1-14H,(H2,27,31)(H,30,32)(H2,28,33,34). The summed E-state index contributed by atoms with van der Waals surface area (Å²) < 4.78 is 37.7. The number of anilines is 1. The van der Waals surface area contributed by atoms with E-state index in [4.69, 9.17) is 10.9 Å². The molecule has 3 aromatic carbocycles. The van der Waals surface area contributed by atoms with E-state index in [-0.39, 0.29) is 16.2 Å². The van der Waals surface area contributed by atoms with Crippen molar-refractivity contribution in [3.05, 3.63) is 102 Å². The molecule has 4 rings (SSSR count). The molecule has 0 fully saturated rings. The van der Waals surface area contributed by atoms with Crippen LogP contribution in [0.25, 0.3) is 22.3 Å². The zero-order valence-corrected chi connectivity index (χ0v) is 18.9. The van der Waals surface area contributed by atoms with E-state index in [1.807, 2.05) is 0 Å². The van der Waals surface area contributed by atoms with Crippen LogP contribution in [0.5, 0.6) is 0 Å². The van der Waals surface area contributed by atoms with E-state index in [1.54, 1.807) is 54.6 Å². The SMILES string of the molecule is NC(=O)c1cc(-c2cccnc2C(=O)Nc2ccc(-c3ccccc3S(N)(=O)=O)cc2)ccc1F. The molecule has 2 amide bonds. The molecule has 10 heteroatoms. The number of pyridine rings is 1. The Morgan fingerprint density at radius 3 is 2.20 bits per heavy atom. The van der Waals surface area contributed by atoms with Crippen molar-refractivity contribution in [3.8, 4) is 22.3 Å². The van der Waals surface area contributed by atoms with Gasteiger partial charge in [0.1, 0.15) is 11.5 Å². The zero-order chi connectivity index (χ0) is 25.2. The largest absolute Gasteiger partial charge is 0.366 e. The van der Waals surface area contributed by atoms with Crippen molar-refractivity contribution in [2.75, 3.05) is 5.32 Å². The molecular weight excluding hydrogens is 471 g/mol. The summed E-state index contributed by atoms with van der Waals surface area (Å²) in [6.45, 7) is 0. The number of primary sulfonamides is 1. The third-order valence-electron chi connectivity index (χ3n) is 5.21. The minimum Gasteiger partial charge on any atom is -0.366 e. The quantitative estimate of drug-likeness (QED) is 0.378. The van der Waals surface area contributed by atoms with Crippen LogP contribution in [-0.4, -0.2) is 25.2 Å². The maximum Gasteiger partial charge on any atom is 0.274 e. The number of carbonyl (C=O) groups is 2. The number of hydrogen-bond acceptors (Lipinski definition) is 5. The molecule has 4 aromatic rings. The van der Waals surface area contributed by atoms with Gasteiger partial charge in [0.2, 0.25) is 10.0 Å². The Balaban J connectivity index is 1.62. The van der Waals surface area contributed by atoms with E-state index in [0.717, 1.165) is 6.07 Å². The predicted octanol–water partition coefficient (Wildman–Crippen LogP) is 3.55. The van der Waals surface area contributed by atoms with Crippen molar-refractivity contribution in [1.29, 1.82) is 0 Å². The monoisotopic (exact) mass is 490 g/mol. The van der Waals surface area contributed by atoms with Crippen molar-refractivity contribution in [3.63, 3.8) is 0 Å². The van der Waals surface area contributed by atoms with Crippen molar-refractivity contribution in [1.82, 2.24) is 4.98 Å². The van der Waals surface area contributed by atoms with Gasteiger partial charge in [-0.3, -0.25) is 14.6 Å².